The molecule has 0 aromatic rings. The fourth-order valence-corrected chi connectivity index (χ4v) is 10.2. The third kappa shape index (κ3) is 26.8. The first-order valence-corrected chi connectivity index (χ1v) is 38.6. The zero-order valence-corrected chi connectivity index (χ0v) is 46.8. The summed E-state index contributed by atoms with van der Waals surface area (Å²) in [4.78, 5) is 0. The molecule has 0 radical (unpaired) electrons. The van der Waals surface area contributed by atoms with E-state index in [1.54, 1.807) is 0 Å². The van der Waals surface area contributed by atoms with E-state index in [1.165, 1.54) is 0 Å². The first-order chi connectivity index (χ1) is 29.0. The van der Waals surface area contributed by atoms with Crippen LogP contribution >= 0.6 is 0 Å². The SMILES string of the molecule is CC/C=C/[C@@H](CCC/C=C/[C@@H](OCOCC[Si](C)(C)C)[C@H]1CC[C@H]([C@H]2CC[C@H]([C@@H](/C=C/CCCO[Si](C)(C)C(C)(C)C)OCOCC[Si](C)(C)C)O2)O1)OCOCC[Si](C)(C)C. The van der Waals surface area contributed by atoms with Crippen molar-refractivity contribution in [1.82, 2.24) is 0 Å². The normalized spacial score (nSPS) is 22.5. The van der Waals surface area contributed by atoms with Crippen LogP contribution in [0.1, 0.15) is 91.9 Å². The fraction of sp³-hybridized carbons (Fsp3) is 0.878. The average Bonchev–Trinajstić information content (AvgIpc) is 3.85. The number of unbranched alkanes of at least 4 members (excludes halogenated alkanes) is 2. The lowest BCUT2D eigenvalue weighted by molar-refractivity contribution is -0.146. The number of ether oxygens (including phenoxy) is 8. The van der Waals surface area contributed by atoms with Gasteiger partial charge >= 0.3 is 0 Å². The van der Waals surface area contributed by atoms with Gasteiger partial charge in [-0.05, 0) is 100 Å². The number of hydrogen-bond acceptors (Lipinski definition) is 9. The van der Waals surface area contributed by atoms with Gasteiger partial charge in [-0.15, -0.1) is 0 Å². The molecule has 2 heterocycles. The monoisotopic (exact) mass is 943 g/mol. The van der Waals surface area contributed by atoms with Crippen molar-refractivity contribution in [3.63, 3.8) is 0 Å². The standard InChI is InChI=1S/C49H98O9Si4/c1-16-17-24-42(53-39-50-33-36-59(5,6)7)25-20-18-21-26-43(54-40-51-34-37-60(8,9)10)45-28-30-47(57-45)48-31-29-46(58-48)44(55-41-52-35-38-61(11,12)13)27-22-19-23-32-56-62(14,15)49(2,3)4/h17,21-22,24,26-27,42-48H,16,18-20,23,25,28-41H2,1-15H3/b24-17+,26-21+,27-22+/t42-,43+,44+,45+,46+,47+,48+/m0/s1. The van der Waals surface area contributed by atoms with Crippen LogP contribution in [0, 0.1) is 0 Å². The molecule has 7 atom stereocenters. The summed E-state index contributed by atoms with van der Waals surface area (Å²) >= 11 is 0. The van der Waals surface area contributed by atoms with Gasteiger partial charge in [0.25, 0.3) is 0 Å². The third-order valence-electron chi connectivity index (χ3n) is 12.2. The molecule has 0 aromatic carbocycles. The summed E-state index contributed by atoms with van der Waals surface area (Å²) in [6.07, 6.45) is 22.6. The predicted molar refractivity (Wildman–Crippen MR) is 271 cm³/mol. The van der Waals surface area contributed by atoms with Crippen molar-refractivity contribution in [3.8, 4) is 0 Å². The van der Waals surface area contributed by atoms with Crippen LogP contribution in [-0.2, 0) is 42.3 Å². The molecule has 2 aliphatic heterocycles. The van der Waals surface area contributed by atoms with Gasteiger partial charge in [0, 0.05) is 50.6 Å². The van der Waals surface area contributed by atoms with Crippen LogP contribution in [0.4, 0.5) is 0 Å². The van der Waals surface area contributed by atoms with E-state index in [9.17, 15) is 0 Å². The molecule has 0 spiro atoms. The lowest BCUT2D eigenvalue weighted by atomic mass is 10.0. The molecule has 364 valence electrons. The van der Waals surface area contributed by atoms with Crippen LogP contribution in [0.25, 0.3) is 0 Å². The quantitative estimate of drug-likeness (QED) is 0.0271. The van der Waals surface area contributed by atoms with Crippen LogP contribution in [0.5, 0.6) is 0 Å². The molecular formula is C49H98O9Si4. The second-order valence-corrected chi connectivity index (χ2v) is 44.6. The number of rotatable bonds is 34. The smallest absolute Gasteiger partial charge is 0.191 e. The van der Waals surface area contributed by atoms with E-state index >= 15 is 0 Å². The van der Waals surface area contributed by atoms with E-state index in [1.807, 2.05) is 0 Å². The Morgan fingerprint density at radius 1 is 0.548 bits per heavy atom. The molecule has 2 aliphatic rings. The van der Waals surface area contributed by atoms with E-state index < -0.39 is 32.5 Å². The molecule has 0 aliphatic carbocycles. The highest BCUT2D eigenvalue weighted by Gasteiger charge is 2.41. The van der Waals surface area contributed by atoms with Crippen molar-refractivity contribution in [2.24, 2.45) is 0 Å². The Hall–Kier alpha value is -0.272. The first kappa shape index (κ1) is 57.9. The Morgan fingerprint density at radius 2 is 0.984 bits per heavy atom. The van der Waals surface area contributed by atoms with Crippen molar-refractivity contribution in [2.75, 3.05) is 46.8 Å². The summed E-state index contributed by atoms with van der Waals surface area (Å²) in [5.41, 5.74) is 0. The highest BCUT2D eigenvalue weighted by molar-refractivity contribution is 6.77. The van der Waals surface area contributed by atoms with E-state index in [2.05, 4.69) is 136 Å². The second-order valence-electron chi connectivity index (χ2n) is 22.9. The Kier molecular flexibility index (Phi) is 27.5. The summed E-state index contributed by atoms with van der Waals surface area (Å²) in [6, 6.07) is 3.40. The third-order valence-corrected chi connectivity index (χ3v) is 21.9. The molecule has 13 heteroatoms. The maximum atomic E-state index is 6.81. The molecule has 0 N–H and O–H groups in total. The zero-order chi connectivity index (χ0) is 46.3. The summed E-state index contributed by atoms with van der Waals surface area (Å²) in [6.45, 7) is 39.0. The molecule has 0 unspecified atom stereocenters. The van der Waals surface area contributed by atoms with E-state index in [-0.39, 0.29) is 61.4 Å². The van der Waals surface area contributed by atoms with E-state index in [0.29, 0.717) is 6.79 Å². The van der Waals surface area contributed by atoms with Crippen LogP contribution in [0.15, 0.2) is 36.5 Å². The van der Waals surface area contributed by atoms with Crippen LogP contribution < -0.4 is 0 Å². The highest BCUT2D eigenvalue weighted by Crippen LogP contribution is 2.37. The Morgan fingerprint density at radius 3 is 1.40 bits per heavy atom. The molecule has 0 saturated carbocycles. The van der Waals surface area contributed by atoms with Crippen LogP contribution in [-0.4, -0.2) is 122 Å². The minimum atomic E-state index is -1.75. The minimum Gasteiger partial charge on any atom is -0.417 e. The van der Waals surface area contributed by atoms with Crippen molar-refractivity contribution < 1.29 is 42.3 Å². The summed E-state index contributed by atoms with van der Waals surface area (Å²) in [7, 11) is -5.23. The molecular weight excluding hydrogens is 845 g/mol. The van der Waals surface area contributed by atoms with Gasteiger partial charge in [-0.2, -0.15) is 0 Å². The Balaban J connectivity index is 2.01. The molecule has 0 amide bonds. The summed E-state index contributed by atoms with van der Waals surface area (Å²) < 4.78 is 56.9. The fourth-order valence-electron chi connectivity index (χ4n) is 6.85. The van der Waals surface area contributed by atoms with Gasteiger partial charge in [0.15, 0.2) is 8.32 Å². The summed E-state index contributed by atoms with van der Waals surface area (Å²) in [5.74, 6) is 0. The Labute approximate surface area is 386 Å². The van der Waals surface area contributed by atoms with E-state index in [0.717, 1.165) is 109 Å². The molecule has 2 saturated heterocycles. The van der Waals surface area contributed by atoms with Crippen molar-refractivity contribution in [1.29, 1.82) is 0 Å². The van der Waals surface area contributed by atoms with E-state index in [4.69, 9.17) is 42.3 Å². The van der Waals surface area contributed by atoms with Gasteiger partial charge in [-0.25, -0.2) is 0 Å². The number of hydrogen-bond donors (Lipinski definition) is 0. The first-order valence-electron chi connectivity index (χ1n) is 24.5. The molecule has 0 aromatic heterocycles. The molecule has 0 bridgehead atoms. The largest absolute Gasteiger partial charge is 0.417 e. The topological polar surface area (TPSA) is 83.1 Å². The van der Waals surface area contributed by atoms with Gasteiger partial charge < -0.3 is 42.3 Å². The highest BCUT2D eigenvalue weighted by atomic mass is 28.4. The molecule has 9 nitrogen and oxygen atoms in total. The van der Waals surface area contributed by atoms with Gasteiger partial charge in [0.05, 0.1) is 30.5 Å². The maximum absolute atomic E-state index is 6.81. The van der Waals surface area contributed by atoms with Crippen molar-refractivity contribution in [2.45, 2.75) is 230 Å². The lowest BCUT2D eigenvalue weighted by Gasteiger charge is -2.36. The maximum Gasteiger partial charge on any atom is 0.191 e. The van der Waals surface area contributed by atoms with Gasteiger partial charge in [0.2, 0.25) is 0 Å². The van der Waals surface area contributed by atoms with Crippen molar-refractivity contribution in [3.05, 3.63) is 36.5 Å². The molecule has 2 fully saturated rings. The molecule has 2 rings (SSSR count). The average molecular weight is 944 g/mol. The van der Waals surface area contributed by atoms with Gasteiger partial charge in [-0.1, -0.05) is 123 Å². The predicted octanol–water partition coefficient (Wildman–Crippen LogP) is 13.2. The lowest BCUT2D eigenvalue weighted by Crippen LogP contribution is -2.40. The van der Waals surface area contributed by atoms with Crippen LogP contribution in [0.2, 0.25) is 95.2 Å². The van der Waals surface area contributed by atoms with Gasteiger partial charge in [-0.3, -0.25) is 0 Å². The van der Waals surface area contributed by atoms with Crippen molar-refractivity contribution >= 4 is 32.5 Å². The number of allylic oxidation sites excluding steroid dienone is 3. The second kappa shape index (κ2) is 29.5. The Bertz CT molecular complexity index is 1250. The summed E-state index contributed by atoms with van der Waals surface area (Å²) in [5, 5.41) is 0.220. The molecule has 62 heavy (non-hydrogen) atoms. The minimum absolute atomic E-state index is 0.0265. The zero-order valence-electron chi connectivity index (χ0n) is 42.8. The van der Waals surface area contributed by atoms with Gasteiger partial charge in [0.1, 0.15) is 32.6 Å². The van der Waals surface area contributed by atoms with Crippen LogP contribution in [0.3, 0.4) is 0 Å².